The Labute approximate surface area is 174 Å². The molecule has 0 unspecified atom stereocenters. The summed E-state index contributed by atoms with van der Waals surface area (Å²) in [5.41, 5.74) is 2.74. The van der Waals surface area contributed by atoms with Gasteiger partial charge < -0.3 is 4.74 Å². The number of aryl methyl sites for hydroxylation is 2. The zero-order valence-corrected chi connectivity index (χ0v) is 17.7. The fraction of sp³-hybridized carbons (Fsp3) is 0.190. The van der Waals surface area contributed by atoms with Crippen LogP contribution >= 0.6 is 11.3 Å². The number of hydrogen-bond donors (Lipinski definition) is 0. The van der Waals surface area contributed by atoms with Crippen LogP contribution in [0, 0.1) is 6.92 Å². The van der Waals surface area contributed by atoms with Gasteiger partial charge in [-0.15, -0.1) is 11.3 Å². The third-order valence-electron chi connectivity index (χ3n) is 5.38. The molecule has 1 aromatic carbocycles. The number of ether oxygens (including phenoxy) is 1. The largest absolute Gasteiger partial charge is 0.496 e. The van der Waals surface area contributed by atoms with Crippen LogP contribution < -0.4 is 16.0 Å². The zero-order chi connectivity index (χ0) is 21.2. The lowest BCUT2D eigenvalue weighted by Crippen LogP contribution is -2.37. The van der Waals surface area contributed by atoms with E-state index in [1.54, 1.807) is 29.9 Å². The first-order valence-electron chi connectivity index (χ1n) is 9.30. The van der Waals surface area contributed by atoms with Crippen molar-refractivity contribution < 1.29 is 4.74 Å². The number of aromatic nitrogens is 5. The van der Waals surface area contributed by atoms with Gasteiger partial charge in [-0.1, -0.05) is 6.07 Å². The maximum atomic E-state index is 12.9. The molecule has 0 amide bonds. The number of rotatable bonds is 3. The van der Waals surface area contributed by atoms with E-state index in [-0.39, 0.29) is 5.56 Å². The van der Waals surface area contributed by atoms with Gasteiger partial charge in [0, 0.05) is 26.0 Å². The molecule has 152 valence electrons. The summed E-state index contributed by atoms with van der Waals surface area (Å²) in [7, 11) is 4.75. The zero-order valence-electron chi connectivity index (χ0n) is 16.9. The predicted octanol–water partition coefficient (Wildman–Crippen LogP) is 2.72. The van der Waals surface area contributed by atoms with Crippen molar-refractivity contribution in [1.29, 1.82) is 0 Å². The maximum absolute atomic E-state index is 12.9. The van der Waals surface area contributed by atoms with Crippen molar-refractivity contribution in [2.24, 2.45) is 14.1 Å². The molecule has 0 radical (unpaired) electrons. The lowest BCUT2D eigenvalue weighted by molar-refractivity contribution is 0.411. The van der Waals surface area contributed by atoms with Crippen LogP contribution in [0.4, 0.5) is 0 Å². The van der Waals surface area contributed by atoms with Crippen molar-refractivity contribution in [2.45, 2.75) is 6.92 Å². The van der Waals surface area contributed by atoms with Crippen molar-refractivity contribution in [3.63, 3.8) is 0 Å². The van der Waals surface area contributed by atoms with Gasteiger partial charge in [0.1, 0.15) is 5.75 Å². The molecule has 8 nitrogen and oxygen atoms in total. The topological polar surface area (TPSA) is 75.5 Å². The van der Waals surface area contributed by atoms with Crippen molar-refractivity contribution >= 4 is 28.3 Å². The van der Waals surface area contributed by atoms with Gasteiger partial charge in [0.05, 0.1) is 17.7 Å². The van der Waals surface area contributed by atoms with Crippen LogP contribution in [0.1, 0.15) is 5.56 Å². The predicted molar refractivity (Wildman–Crippen MR) is 117 cm³/mol. The van der Waals surface area contributed by atoms with Crippen molar-refractivity contribution in [1.82, 2.24) is 23.1 Å². The van der Waals surface area contributed by atoms with Crippen LogP contribution in [0.15, 0.2) is 51.5 Å². The van der Waals surface area contributed by atoms with E-state index in [9.17, 15) is 9.59 Å². The molecule has 0 spiro atoms. The van der Waals surface area contributed by atoms with Crippen molar-refractivity contribution in [3.8, 4) is 22.0 Å². The number of thiophene rings is 1. The Bertz CT molecular complexity index is 1550. The third kappa shape index (κ3) is 2.42. The minimum absolute atomic E-state index is 0.356. The van der Waals surface area contributed by atoms with E-state index in [1.165, 1.54) is 11.6 Å². The van der Waals surface area contributed by atoms with Crippen molar-refractivity contribution in [3.05, 3.63) is 68.3 Å². The van der Waals surface area contributed by atoms with Crippen molar-refractivity contribution in [2.75, 3.05) is 7.11 Å². The van der Waals surface area contributed by atoms with E-state index < -0.39 is 5.69 Å². The lowest BCUT2D eigenvalue weighted by atomic mass is 10.2. The molecule has 0 aliphatic heterocycles. The number of methoxy groups -OCH3 is 1. The first kappa shape index (κ1) is 18.4. The Morgan fingerprint density at radius 1 is 1.10 bits per heavy atom. The molecular weight excluding hydrogens is 402 g/mol. The molecule has 0 aliphatic carbocycles. The fourth-order valence-corrected chi connectivity index (χ4v) is 4.55. The number of imidazole rings is 2. The Morgan fingerprint density at radius 3 is 2.57 bits per heavy atom. The molecular formula is C21H19N5O3S. The highest BCUT2D eigenvalue weighted by molar-refractivity contribution is 7.13. The third-order valence-corrected chi connectivity index (χ3v) is 6.27. The van der Waals surface area contributed by atoms with E-state index >= 15 is 0 Å². The molecule has 9 heteroatoms. The molecule has 0 saturated heterocycles. The standard InChI is InChI=1S/C21H19N5O3S/c1-12-10-13(7-8-15(12)29-4)26-14(16-6-5-9-30-16)11-25-17-18(22-20(25)26)23(2)21(28)24(3)19(17)27/h5-11H,1-4H3. The van der Waals surface area contributed by atoms with E-state index in [0.717, 1.165) is 32.1 Å². The molecule has 0 bridgehead atoms. The van der Waals surface area contributed by atoms with Gasteiger partial charge in [0.15, 0.2) is 11.2 Å². The summed E-state index contributed by atoms with van der Waals surface area (Å²) in [5.74, 6) is 1.36. The van der Waals surface area contributed by atoms with Gasteiger partial charge in [0.2, 0.25) is 5.78 Å². The first-order valence-corrected chi connectivity index (χ1v) is 10.2. The summed E-state index contributed by atoms with van der Waals surface area (Å²) < 4.78 is 11.7. The van der Waals surface area contributed by atoms with Gasteiger partial charge >= 0.3 is 5.69 Å². The Morgan fingerprint density at radius 2 is 1.90 bits per heavy atom. The molecule has 0 aliphatic rings. The Hall–Kier alpha value is -3.59. The Balaban J connectivity index is 1.95. The highest BCUT2D eigenvalue weighted by Crippen LogP contribution is 2.32. The summed E-state index contributed by atoms with van der Waals surface area (Å²) in [6.45, 7) is 1.98. The van der Waals surface area contributed by atoms with Crippen LogP contribution in [-0.4, -0.2) is 30.2 Å². The number of hydrogen-bond acceptors (Lipinski definition) is 5. The van der Waals surface area contributed by atoms with E-state index in [0.29, 0.717) is 16.9 Å². The second-order valence-corrected chi connectivity index (χ2v) is 8.09. The second kappa shape index (κ2) is 6.46. The van der Waals surface area contributed by atoms with Gasteiger partial charge in [-0.3, -0.25) is 22.9 Å². The summed E-state index contributed by atoms with van der Waals surface area (Å²) in [6.07, 6.45) is 1.90. The summed E-state index contributed by atoms with van der Waals surface area (Å²) in [6, 6.07) is 9.91. The van der Waals surface area contributed by atoms with Crippen LogP contribution in [0.3, 0.4) is 0 Å². The monoisotopic (exact) mass is 421 g/mol. The molecule has 0 atom stereocenters. The molecule has 4 aromatic heterocycles. The highest BCUT2D eigenvalue weighted by Gasteiger charge is 2.22. The normalized spacial score (nSPS) is 11.6. The smallest absolute Gasteiger partial charge is 0.332 e. The van der Waals surface area contributed by atoms with Gasteiger partial charge in [-0.2, -0.15) is 4.98 Å². The van der Waals surface area contributed by atoms with Crippen LogP contribution in [0.2, 0.25) is 0 Å². The number of nitrogens with zero attached hydrogens (tertiary/aromatic N) is 5. The fourth-order valence-electron chi connectivity index (χ4n) is 3.83. The molecule has 30 heavy (non-hydrogen) atoms. The molecule has 0 N–H and O–H groups in total. The van der Waals surface area contributed by atoms with Gasteiger partial charge in [0.25, 0.3) is 5.56 Å². The minimum atomic E-state index is -0.404. The molecule has 5 rings (SSSR count). The SMILES string of the molecule is COc1ccc(-n2c(-c3cccs3)cn3c4c(=O)n(C)c(=O)n(C)c4nc23)cc1C. The minimum Gasteiger partial charge on any atom is -0.496 e. The van der Waals surface area contributed by atoms with E-state index in [1.807, 2.05) is 53.4 Å². The number of fused-ring (bicyclic) bond motifs is 3. The molecule has 0 fully saturated rings. The second-order valence-electron chi connectivity index (χ2n) is 7.14. The first-order chi connectivity index (χ1) is 14.4. The summed E-state index contributed by atoms with van der Waals surface area (Å²) >= 11 is 1.61. The van der Waals surface area contributed by atoms with Crippen LogP contribution in [0.25, 0.3) is 33.2 Å². The summed E-state index contributed by atoms with van der Waals surface area (Å²) in [5, 5.41) is 2.01. The highest BCUT2D eigenvalue weighted by atomic mass is 32.1. The molecule has 4 heterocycles. The van der Waals surface area contributed by atoms with Crippen LogP contribution in [-0.2, 0) is 14.1 Å². The maximum Gasteiger partial charge on any atom is 0.332 e. The quantitative estimate of drug-likeness (QED) is 0.449. The van der Waals surface area contributed by atoms with E-state index in [2.05, 4.69) is 0 Å². The van der Waals surface area contributed by atoms with Gasteiger partial charge in [-0.25, -0.2) is 4.79 Å². The van der Waals surface area contributed by atoms with E-state index in [4.69, 9.17) is 9.72 Å². The van der Waals surface area contributed by atoms with Gasteiger partial charge in [-0.05, 0) is 42.1 Å². The number of benzene rings is 1. The summed E-state index contributed by atoms with van der Waals surface area (Å²) in [4.78, 5) is 31.1. The Kier molecular flexibility index (Phi) is 3.97. The lowest BCUT2D eigenvalue weighted by Gasteiger charge is -2.11. The van der Waals surface area contributed by atoms with Crippen LogP contribution in [0.5, 0.6) is 5.75 Å². The average molecular weight is 421 g/mol. The molecule has 0 saturated carbocycles. The average Bonchev–Trinajstić information content (AvgIpc) is 3.45. The molecule has 5 aromatic rings.